The highest BCUT2D eigenvalue weighted by atomic mass is 79.9. The van der Waals surface area contributed by atoms with Gasteiger partial charge < -0.3 is 10.1 Å². The number of carbonyl (C=O) groups is 2. The first kappa shape index (κ1) is 15.2. The highest BCUT2D eigenvalue weighted by Gasteiger charge is 2.21. The number of aryl methyl sites for hydroxylation is 1. The molecule has 1 N–H and O–H groups in total. The number of aldehydes is 1. The maximum Gasteiger partial charge on any atom is 0.238 e. The Morgan fingerprint density at radius 2 is 2.35 bits per heavy atom. The summed E-state index contributed by atoms with van der Waals surface area (Å²) in [4.78, 5) is 24.9. The Morgan fingerprint density at radius 1 is 1.55 bits per heavy atom. The van der Waals surface area contributed by atoms with Crippen molar-refractivity contribution in [2.45, 2.75) is 19.8 Å². The number of carbonyl (C=O) groups excluding carboxylic acids is 2. The molecule has 0 saturated carbocycles. The molecule has 1 saturated heterocycles. The molecule has 1 aliphatic heterocycles. The first-order valence-electron chi connectivity index (χ1n) is 6.82. The zero-order chi connectivity index (χ0) is 14.5. The maximum atomic E-state index is 12.1. The maximum absolute atomic E-state index is 12.1. The lowest BCUT2D eigenvalue weighted by atomic mass is 10.00. The van der Waals surface area contributed by atoms with Crippen LogP contribution in [0.3, 0.4) is 0 Å². The van der Waals surface area contributed by atoms with Gasteiger partial charge in [0, 0.05) is 16.9 Å². The molecule has 5 heteroatoms. The van der Waals surface area contributed by atoms with Crippen molar-refractivity contribution in [1.82, 2.24) is 4.90 Å². The summed E-state index contributed by atoms with van der Waals surface area (Å²) in [7, 11) is 0. The summed E-state index contributed by atoms with van der Waals surface area (Å²) < 4.78 is 0.885. The van der Waals surface area contributed by atoms with Crippen molar-refractivity contribution in [2.24, 2.45) is 5.92 Å². The summed E-state index contributed by atoms with van der Waals surface area (Å²) >= 11 is 3.45. The molecule has 1 atom stereocenters. The van der Waals surface area contributed by atoms with Gasteiger partial charge in [-0.1, -0.05) is 6.07 Å². The van der Waals surface area contributed by atoms with E-state index in [0.29, 0.717) is 13.1 Å². The van der Waals surface area contributed by atoms with Crippen LogP contribution in [0.15, 0.2) is 22.7 Å². The third kappa shape index (κ3) is 4.15. The standard InChI is InChI=1S/C15H19BrN2O2/c1-11-4-5-14(13(16)7-11)17-15(20)9-18-6-2-3-12(8-18)10-19/h4-5,7,10,12H,2-3,6,8-9H2,1H3,(H,17,20). The van der Waals surface area contributed by atoms with Crippen LogP contribution in [0.4, 0.5) is 5.69 Å². The van der Waals surface area contributed by atoms with Gasteiger partial charge in [0.05, 0.1) is 12.2 Å². The first-order chi connectivity index (χ1) is 9.58. The Hall–Kier alpha value is -1.20. The lowest BCUT2D eigenvalue weighted by Gasteiger charge is -2.29. The molecular formula is C15H19BrN2O2. The fourth-order valence-corrected chi connectivity index (χ4v) is 3.05. The molecule has 1 heterocycles. The van der Waals surface area contributed by atoms with Crippen LogP contribution >= 0.6 is 15.9 Å². The summed E-state index contributed by atoms with van der Waals surface area (Å²) in [5.74, 6) is 0.0313. The monoisotopic (exact) mass is 338 g/mol. The second kappa shape index (κ2) is 6.99. The van der Waals surface area contributed by atoms with Crippen molar-refractivity contribution in [3.8, 4) is 0 Å². The SMILES string of the molecule is Cc1ccc(NC(=O)CN2CCCC(C=O)C2)c(Br)c1. The van der Waals surface area contributed by atoms with Crippen LogP contribution in [-0.2, 0) is 9.59 Å². The van der Waals surface area contributed by atoms with E-state index in [1.54, 1.807) is 0 Å². The van der Waals surface area contributed by atoms with Gasteiger partial charge in [0.2, 0.25) is 5.91 Å². The molecule has 1 fully saturated rings. The number of nitrogens with one attached hydrogen (secondary N) is 1. The molecule has 0 aliphatic carbocycles. The molecule has 2 rings (SSSR count). The van der Waals surface area contributed by atoms with Gasteiger partial charge in [0.25, 0.3) is 0 Å². The van der Waals surface area contributed by atoms with E-state index in [0.717, 1.165) is 41.4 Å². The van der Waals surface area contributed by atoms with Gasteiger partial charge in [-0.2, -0.15) is 0 Å². The number of nitrogens with zero attached hydrogens (tertiary/aromatic N) is 1. The van der Waals surface area contributed by atoms with E-state index in [9.17, 15) is 9.59 Å². The van der Waals surface area contributed by atoms with Crippen molar-refractivity contribution in [3.63, 3.8) is 0 Å². The van der Waals surface area contributed by atoms with E-state index >= 15 is 0 Å². The molecule has 1 aliphatic rings. The smallest absolute Gasteiger partial charge is 0.238 e. The summed E-state index contributed by atoms with van der Waals surface area (Å²) in [6.45, 7) is 3.91. The lowest BCUT2D eigenvalue weighted by molar-refractivity contribution is -0.119. The molecule has 0 radical (unpaired) electrons. The lowest BCUT2D eigenvalue weighted by Crippen LogP contribution is -2.40. The quantitative estimate of drug-likeness (QED) is 0.858. The Bertz CT molecular complexity index is 505. The van der Waals surface area contributed by atoms with Crippen molar-refractivity contribution < 1.29 is 9.59 Å². The fraction of sp³-hybridized carbons (Fsp3) is 0.467. The van der Waals surface area contributed by atoms with E-state index in [-0.39, 0.29) is 11.8 Å². The molecule has 20 heavy (non-hydrogen) atoms. The Labute approximate surface area is 127 Å². The number of halogens is 1. The molecule has 1 unspecified atom stereocenters. The van der Waals surface area contributed by atoms with Crippen molar-refractivity contribution in [1.29, 1.82) is 0 Å². The van der Waals surface area contributed by atoms with Crippen LogP contribution in [-0.4, -0.2) is 36.7 Å². The normalized spacial score (nSPS) is 19.6. The van der Waals surface area contributed by atoms with Gasteiger partial charge in [-0.25, -0.2) is 0 Å². The van der Waals surface area contributed by atoms with Gasteiger partial charge in [0.15, 0.2) is 0 Å². The van der Waals surface area contributed by atoms with E-state index in [1.807, 2.05) is 30.0 Å². The van der Waals surface area contributed by atoms with Gasteiger partial charge in [-0.05, 0) is 59.9 Å². The van der Waals surface area contributed by atoms with Gasteiger partial charge in [-0.15, -0.1) is 0 Å². The minimum absolute atomic E-state index is 0.0406. The van der Waals surface area contributed by atoms with Crippen molar-refractivity contribution in [3.05, 3.63) is 28.2 Å². The zero-order valence-corrected chi connectivity index (χ0v) is 13.1. The Kier molecular flexibility index (Phi) is 5.31. The third-order valence-electron chi connectivity index (χ3n) is 3.50. The summed E-state index contributed by atoms with van der Waals surface area (Å²) in [5, 5.41) is 2.90. The predicted octanol–water partition coefficient (Wildman–Crippen LogP) is 2.61. The first-order valence-corrected chi connectivity index (χ1v) is 7.61. The molecule has 1 aromatic rings. The molecule has 1 amide bonds. The van der Waals surface area contributed by atoms with E-state index in [1.165, 1.54) is 0 Å². The Balaban J connectivity index is 1.90. The van der Waals surface area contributed by atoms with Gasteiger partial charge >= 0.3 is 0 Å². The van der Waals surface area contributed by atoms with E-state index in [4.69, 9.17) is 0 Å². The summed E-state index contributed by atoms with van der Waals surface area (Å²) in [6.07, 6.45) is 2.91. The highest BCUT2D eigenvalue weighted by molar-refractivity contribution is 9.10. The van der Waals surface area contributed by atoms with Crippen LogP contribution < -0.4 is 5.32 Å². The minimum Gasteiger partial charge on any atom is -0.324 e. The predicted molar refractivity (Wildman–Crippen MR) is 82.7 cm³/mol. The molecule has 1 aromatic carbocycles. The molecule has 108 valence electrons. The van der Waals surface area contributed by atoms with Crippen LogP contribution in [0.2, 0.25) is 0 Å². The van der Waals surface area contributed by atoms with Gasteiger partial charge in [-0.3, -0.25) is 9.69 Å². The Morgan fingerprint density at radius 3 is 3.05 bits per heavy atom. The number of rotatable bonds is 4. The zero-order valence-electron chi connectivity index (χ0n) is 11.6. The summed E-state index contributed by atoms with van der Waals surface area (Å²) in [5.41, 5.74) is 1.92. The topological polar surface area (TPSA) is 49.4 Å². The average molecular weight is 339 g/mol. The molecule has 0 spiro atoms. The van der Waals surface area contributed by atoms with Crippen LogP contribution in [0, 0.1) is 12.8 Å². The number of likely N-dealkylation sites (tertiary alicyclic amines) is 1. The molecular weight excluding hydrogens is 320 g/mol. The summed E-state index contributed by atoms with van der Waals surface area (Å²) in [6, 6.07) is 5.82. The van der Waals surface area contributed by atoms with Crippen LogP contribution in [0.5, 0.6) is 0 Å². The number of benzene rings is 1. The van der Waals surface area contributed by atoms with E-state index < -0.39 is 0 Å². The molecule has 0 bridgehead atoms. The van der Waals surface area contributed by atoms with Crippen LogP contribution in [0.1, 0.15) is 18.4 Å². The van der Waals surface area contributed by atoms with Crippen molar-refractivity contribution in [2.75, 3.05) is 25.0 Å². The second-order valence-electron chi connectivity index (χ2n) is 5.30. The minimum atomic E-state index is -0.0406. The van der Waals surface area contributed by atoms with E-state index in [2.05, 4.69) is 21.2 Å². The second-order valence-corrected chi connectivity index (χ2v) is 6.16. The fourth-order valence-electron chi connectivity index (χ4n) is 2.46. The average Bonchev–Trinajstić information content (AvgIpc) is 2.42. The van der Waals surface area contributed by atoms with Gasteiger partial charge in [0.1, 0.15) is 6.29 Å². The number of piperidine rings is 1. The molecule has 0 aromatic heterocycles. The number of hydrogen-bond acceptors (Lipinski definition) is 3. The van der Waals surface area contributed by atoms with Crippen molar-refractivity contribution >= 4 is 33.8 Å². The number of amides is 1. The molecule has 4 nitrogen and oxygen atoms in total. The number of hydrogen-bond donors (Lipinski definition) is 1. The largest absolute Gasteiger partial charge is 0.324 e. The number of anilines is 1. The third-order valence-corrected chi connectivity index (χ3v) is 4.16. The highest BCUT2D eigenvalue weighted by Crippen LogP contribution is 2.23. The van der Waals surface area contributed by atoms with Crippen LogP contribution in [0.25, 0.3) is 0 Å².